The first kappa shape index (κ1) is 26.1. The van der Waals surface area contributed by atoms with Gasteiger partial charge in [-0.05, 0) is 35.4 Å². The molecule has 0 unspecified atom stereocenters. The number of aliphatic hydroxyl groups excluding tert-OH is 8. The monoisotopic (exact) mass is 520 g/mol. The van der Waals surface area contributed by atoms with E-state index in [1.165, 1.54) is 36.4 Å². The van der Waals surface area contributed by atoms with Crippen LogP contribution >= 0.6 is 0 Å². The molecule has 0 bridgehead atoms. The highest BCUT2D eigenvalue weighted by Crippen LogP contribution is 2.36. The first-order valence-electron chi connectivity index (χ1n) is 11.8. The molecule has 10 atom stereocenters. The van der Waals surface area contributed by atoms with Crippen molar-refractivity contribution < 1.29 is 54.7 Å². The minimum atomic E-state index is -1.57. The van der Waals surface area contributed by atoms with Crippen LogP contribution in [0.25, 0.3) is 21.9 Å². The predicted molar refractivity (Wildman–Crippen MR) is 125 cm³/mol. The van der Waals surface area contributed by atoms with Gasteiger partial charge in [-0.2, -0.15) is 0 Å². The molecule has 0 spiro atoms. The molecule has 3 aromatic rings. The molecule has 0 amide bonds. The second kappa shape index (κ2) is 10.0. The Morgan fingerprint density at radius 3 is 1.38 bits per heavy atom. The van der Waals surface area contributed by atoms with E-state index in [-0.39, 0.29) is 27.4 Å². The van der Waals surface area contributed by atoms with Crippen LogP contribution in [0.3, 0.4) is 0 Å². The van der Waals surface area contributed by atoms with Crippen LogP contribution in [0.2, 0.25) is 0 Å². The van der Waals surface area contributed by atoms with Crippen molar-refractivity contribution in [2.75, 3.05) is 13.2 Å². The average molecular weight is 520 g/mol. The third kappa shape index (κ3) is 4.34. The minimum absolute atomic E-state index is 0.123. The van der Waals surface area contributed by atoms with Gasteiger partial charge in [-0.1, -0.05) is 12.1 Å². The van der Waals surface area contributed by atoms with Crippen molar-refractivity contribution in [1.29, 1.82) is 0 Å². The Morgan fingerprint density at radius 2 is 1.00 bits per heavy atom. The summed E-state index contributed by atoms with van der Waals surface area (Å²) in [6, 6.07) is 8.87. The maximum absolute atomic E-state index is 13.1. The molecular formula is C25H28O12. The summed E-state index contributed by atoms with van der Waals surface area (Å²) in [7, 11) is 0. The maximum Gasteiger partial charge on any atom is 0.200 e. The topological polar surface area (TPSA) is 211 Å². The van der Waals surface area contributed by atoms with Gasteiger partial charge in [-0.25, -0.2) is 0 Å². The summed E-state index contributed by atoms with van der Waals surface area (Å²) in [5, 5.41) is 80.6. The van der Waals surface area contributed by atoms with E-state index in [2.05, 4.69) is 0 Å². The fraction of sp³-hybridized carbons (Fsp3) is 0.480. The third-order valence-electron chi connectivity index (χ3n) is 7.16. The zero-order chi connectivity index (χ0) is 26.6. The summed E-state index contributed by atoms with van der Waals surface area (Å²) in [5.41, 5.74) is 0.543. The van der Waals surface area contributed by atoms with Gasteiger partial charge in [0.1, 0.15) is 72.2 Å². The lowest BCUT2D eigenvalue weighted by Gasteiger charge is -2.40. The SMILES string of the molecule is O=c1c2ccc([C@@H]3O[C@H](CO)[C@@H](O)[C@H](O)[C@H]3O)cc2oc2cc([C@@H]3O[C@H](CO)[C@@H](O)[C@H](O)[C@H]3O)ccc12. The molecule has 2 aliphatic heterocycles. The minimum Gasteiger partial charge on any atom is -0.456 e. The van der Waals surface area contributed by atoms with Crippen molar-refractivity contribution in [3.63, 3.8) is 0 Å². The van der Waals surface area contributed by atoms with Gasteiger partial charge in [0, 0.05) is 0 Å². The summed E-state index contributed by atoms with van der Waals surface area (Å²) in [4.78, 5) is 13.1. The molecule has 5 rings (SSSR count). The smallest absolute Gasteiger partial charge is 0.200 e. The Bertz CT molecular complexity index is 1240. The average Bonchev–Trinajstić information content (AvgIpc) is 2.90. The van der Waals surface area contributed by atoms with Gasteiger partial charge in [0.2, 0.25) is 5.43 Å². The van der Waals surface area contributed by atoms with E-state index in [0.717, 1.165) is 0 Å². The molecule has 37 heavy (non-hydrogen) atoms. The lowest BCUT2D eigenvalue weighted by molar-refractivity contribution is -0.231. The van der Waals surface area contributed by atoms with Crippen molar-refractivity contribution in [1.82, 2.24) is 0 Å². The Morgan fingerprint density at radius 1 is 0.595 bits per heavy atom. The summed E-state index contributed by atoms with van der Waals surface area (Å²) in [5.74, 6) is 0. The lowest BCUT2D eigenvalue weighted by atomic mass is 9.90. The number of fused-ring (bicyclic) bond motifs is 2. The van der Waals surface area contributed by atoms with Crippen LogP contribution in [0.4, 0.5) is 0 Å². The largest absolute Gasteiger partial charge is 0.456 e. The van der Waals surface area contributed by atoms with E-state index >= 15 is 0 Å². The van der Waals surface area contributed by atoms with Crippen LogP contribution < -0.4 is 5.43 Å². The van der Waals surface area contributed by atoms with Crippen LogP contribution in [0, 0.1) is 0 Å². The predicted octanol–water partition coefficient (Wildman–Crippen LogP) is -2.02. The van der Waals surface area contributed by atoms with Gasteiger partial charge in [-0.3, -0.25) is 4.79 Å². The second-order valence-electron chi connectivity index (χ2n) is 9.44. The van der Waals surface area contributed by atoms with Gasteiger partial charge >= 0.3 is 0 Å². The number of benzene rings is 2. The molecule has 2 saturated heterocycles. The maximum atomic E-state index is 13.1. The lowest BCUT2D eigenvalue weighted by Crippen LogP contribution is -2.55. The highest BCUT2D eigenvalue weighted by molar-refractivity contribution is 5.90. The van der Waals surface area contributed by atoms with Crippen LogP contribution in [0.15, 0.2) is 45.6 Å². The molecule has 0 aliphatic carbocycles. The van der Waals surface area contributed by atoms with Crippen LogP contribution in [-0.4, -0.2) is 103 Å². The standard InChI is InChI=1S/C25H28O12/c26-7-15-18(29)20(31)22(33)24(36-15)9-1-3-11-13(5-9)35-14-6-10(2-4-12(14)17(11)28)25-23(34)21(32)19(30)16(8-27)37-25/h1-6,15-16,18-27,29-34H,7-8H2/t15-,16-,18-,19-,20+,21+,22-,23-,24+,25+/m1/s1. The summed E-state index contributed by atoms with van der Waals surface area (Å²) < 4.78 is 17.2. The van der Waals surface area contributed by atoms with Gasteiger partial charge in [0.25, 0.3) is 0 Å². The Kier molecular flexibility index (Phi) is 7.06. The molecule has 200 valence electrons. The zero-order valence-electron chi connectivity index (χ0n) is 19.4. The van der Waals surface area contributed by atoms with Gasteiger partial charge in [0.15, 0.2) is 0 Å². The van der Waals surface area contributed by atoms with E-state index in [9.17, 15) is 45.6 Å². The number of ether oxygens (including phenoxy) is 2. The molecule has 2 fully saturated rings. The zero-order valence-corrected chi connectivity index (χ0v) is 19.4. The molecule has 1 aromatic heterocycles. The number of hydrogen-bond acceptors (Lipinski definition) is 12. The van der Waals surface area contributed by atoms with Gasteiger partial charge < -0.3 is 54.7 Å². The second-order valence-corrected chi connectivity index (χ2v) is 9.44. The van der Waals surface area contributed by atoms with E-state index in [0.29, 0.717) is 11.1 Å². The number of rotatable bonds is 4. The van der Waals surface area contributed by atoms with Crippen LogP contribution in [-0.2, 0) is 9.47 Å². The van der Waals surface area contributed by atoms with E-state index in [1.54, 1.807) is 0 Å². The molecule has 2 aromatic carbocycles. The summed E-state index contributed by atoms with van der Waals surface area (Å²) in [6.07, 6.45) is -13.7. The van der Waals surface area contributed by atoms with E-state index in [1.807, 2.05) is 0 Å². The molecular weight excluding hydrogens is 492 g/mol. The number of aliphatic hydroxyl groups is 8. The van der Waals surface area contributed by atoms with Crippen molar-refractivity contribution in [2.45, 2.75) is 61.0 Å². The Labute approximate surface area is 209 Å². The fourth-order valence-corrected chi connectivity index (χ4v) is 4.99. The molecule has 0 saturated carbocycles. The summed E-state index contributed by atoms with van der Waals surface area (Å²) in [6.45, 7) is -1.18. The quantitative estimate of drug-likeness (QED) is 0.175. The molecule has 0 radical (unpaired) electrons. The molecule has 3 heterocycles. The first-order valence-corrected chi connectivity index (χ1v) is 11.8. The summed E-state index contributed by atoms with van der Waals surface area (Å²) >= 11 is 0. The molecule has 2 aliphatic rings. The highest BCUT2D eigenvalue weighted by atomic mass is 16.6. The highest BCUT2D eigenvalue weighted by Gasteiger charge is 2.45. The van der Waals surface area contributed by atoms with Gasteiger partial charge in [0.05, 0.1) is 24.0 Å². The van der Waals surface area contributed by atoms with Crippen molar-refractivity contribution in [3.05, 3.63) is 57.7 Å². The Hall–Kier alpha value is -2.49. The van der Waals surface area contributed by atoms with Crippen molar-refractivity contribution in [2.24, 2.45) is 0 Å². The third-order valence-corrected chi connectivity index (χ3v) is 7.16. The van der Waals surface area contributed by atoms with Crippen molar-refractivity contribution in [3.8, 4) is 0 Å². The van der Waals surface area contributed by atoms with E-state index in [4.69, 9.17) is 13.9 Å². The molecule has 8 N–H and O–H groups in total. The van der Waals surface area contributed by atoms with E-state index < -0.39 is 74.3 Å². The Balaban J connectivity index is 1.55. The normalized spacial score (nSPS) is 36.8. The first-order chi connectivity index (χ1) is 17.7. The van der Waals surface area contributed by atoms with Crippen LogP contribution in [0.5, 0.6) is 0 Å². The van der Waals surface area contributed by atoms with Crippen molar-refractivity contribution >= 4 is 21.9 Å². The molecule has 12 heteroatoms. The molecule has 12 nitrogen and oxygen atoms in total. The van der Waals surface area contributed by atoms with Gasteiger partial charge in [-0.15, -0.1) is 0 Å². The van der Waals surface area contributed by atoms with Crippen LogP contribution in [0.1, 0.15) is 23.3 Å². The number of hydrogen-bond donors (Lipinski definition) is 8. The fourth-order valence-electron chi connectivity index (χ4n) is 4.99.